The minimum absolute atomic E-state index is 0.0365. The molecule has 5 fully saturated rings. The Morgan fingerprint density at radius 3 is 1.86 bits per heavy atom. The summed E-state index contributed by atoms with van der Waals surface area (Å²) in [5, 5.41) is 29.9. The number of nitrogens with zero attached hydrogens (tertiary/aromatic N) is 2. The molecule has 3 aliphatic heterocycles. The molecule has 14 heteroatoms. The van der Waals surface area contributed by atoms with Crippen LogP contribution in [-0.2, 0) is 36.9 Å². The van der Waals surface area contributed by atoms with E-state index in [4.69, 9.17) is 20.9 Å². The number of allylic oxidation sites excluding steroid dienone is 2. The molecule has 1 spiro atoms. The van der Waals surface area contributed by atoms with E-state index in [0.29, 0.717) is 81.6 Å². The maximum Gasteiger partial charge on any atom is 0.288 e. The van der Waals surface area contributed by atoms with E-state index in [-0.39, 0.29) is 43.2 Å². The number of hydrogen-bond acceptors (Lipinski definition) is 10. The van der Waals surface area contributed by atoms with Crippen LogP contribution < -0.4 is 22.1 Å². The van der Waals surface area contributed by atoms with E-state index in [0.717, 1.165) is 36.8 Å². The zero-order valence-corrected chi connectivity index (χ0v) is 36.3. The van der Waals surface area contributed by atoms with Crippen LogP contribution in [-0.4, -0.2) is 92.6 Å². The van der Waals surface area contributed by atoms with Gasteiger partial charge in [0, 0.05) is 56.2 Å². The van der Waals surface area contributed by atoms with Crippen molar-refractivity contribution in [1.29, 1.82) is 0 Å². The Hall–Kier alpha value is -5.22. The minimum atomic E-state index is -2.68. The Morgan fingerprint density at radius 2 is 1.30 bits per heavy atom. The summed E-state index contributed by atoms with van der Waals surface area (Å²) in [5.41, 5.74) is 13.8. The molecule has 0 bridgehead atoms. The Labute approximate surface area is 374 Å². The zero-order valence-electron chi connectivity index (χ0n) is 36.3. The average molecular weight is 873 g/mol. The molecule has 3 saturated heterocycles. The van der Waals surface area contributed by atoms with Crippen LogP contribution in [0, 0.1) is 5.92 Å². The number of anilines is 1. The third-order valence-corrected chi connectivity index (χ3v) is 14.7. The number of carbonyl (C=O) groups is 4. The van der Waals surface area contributed by atoms with Gasteiger partial charge in [-0.25, -0.2) is 0 Å². The van der Waals surface area contributed by atoms with Crippen LogP contribution in [0.5, 0.6) is 0 Å². The van der Waals surface area contributed by atoms with Gasteiger partial charge in [0.15, 0.2) is 0 Å². The molecule has 14 nitrogen and oxygen atoms in total. The van der Waals surface area contributed by atoms with Gasteiger partial charge in [-0.15, -0.1) is 0 Å². The average Bonchev–Trinajstić information content (AvgIpc) is 3.63. The first-order chi connectivity index (χ1) is 30.9. The van der Waals surface area contributed by atoms with Gasteiger partial charge < -0.3 is 46.9 Å². The quantitative estimate of drug-likeness (QED) is 0.155. The summed E-state index contributed by atoms with van der Waals surface area (Å²) in [7, 11) is 0. The van der Waals surface area contributed by atoms with Crippen LogP contribution in [0.1, 0.15) is 115 Å². The molecular formula is C50H60N6O8. The van der Waals surface area contributed by atoms with E-state index in [9.17, 15) is 29.4 Å². The molecule has 3 atom stereocenters. The highest BCUT2D eigenvalue weighted by Gasteiger charge is 2.79. The predicted octanol–water partition coefficient (Wildman–Crippen LogP) is 4.81. The summed E-state index contributed by atoms with van der Waals surface area (Å²) in [5.74, 6) is -7.05. The molecule has 2 saturated carbocycles. The molecule has 8 N–H and O–H groups in total. The number of benzene rings is 3. The van der Waals surface area contributed by atoms with Gasteiger partial charge >= 0.3 is 0 Å². The Kier molecular flexibility index (Phi) is 12.1. The first-order valence-corrected chi connectivity index (χ1v) is 23.0. The number of piperidine rings is 2. The number of carbonyl (C=O) groups excluding carboxylic acids is 4. The summed E-state index contributed by atoms with van der Waals surface area (Å²) in [4.78, 5) is 60.2. The van der Waals surface area contributed by atoms with Crippen molar-refractivity contribution in [1.82, 2.24) is 15.1 Å². The molecule has 3 unspecified atom stereocenters. The Bertz CT molecular complexity index is 2340. The van der Waals surface area contributed by atoms with Crippen LogP contribution >= 0.6 is 0 Å². The largest absolute Gasteiger partial charge is 0.384 e. The van der Waals surface area contributed by atoms with Crippen LogP contribution in [0.15, 0.2) is 96.7 Å². The van der Waals surface area contributed by atoms with Gasteiger partial charge in [-0.05, 0) is 135 Å². The van der Waals surface area contributed by atoms with Gasteiger partial charge in [0.05, 0.1) is 5.92 Å². The standard InChI is InChI=1S/C50H60N6O8/c51-31-33-7-1-9-37(27-33)35-15-23-55(24-16-35)43(57)39-11-3-13-41(29-39)53-45(59)49(62)48(21-6-22-48)63-50(64-49,47(61)19-5-20-47)46(60)54-42-14-4-12-40(30-42)44(58)56-25-17-36(18-26-56)38-10-2-8-34(28-38)32-52/h1-4,7-11,13-14,27-30,35-36,40,61-62H,5-6,12,15-26,31-32,51-52H2,(H,53,59)(H,54,60). The highest BCUT2D eigenvalue weighted by Crippen LogP contribution is 2.60. The summed E-state index contributed by atoms with van der Waals surface area (Å²) >= 11 is 0. The second-order valence-corrected chi connectivity index (χ2v) is 18.6. The lowest BCUT2D eigenvalue weighted by atomic mass is 9.72. The van der Waals surface area contributed by atoms with Crippen LogP contribution in [0.4, 0.5) is 5.69 Å². The number of amides is 4. The summed E-state index contributed by atoms with van der Waals surface area (Å²) < 4.78 is 12.7. The lowest BCUT2D eigenvalue weighted by Crippen LogP contribution is -2.67. The molecule has 338 valence electrons. The summed E-state index contributed by atoms with van der Waals surface area (Å²) in [6, 6.07) is 23.1. The Balaban J connectivity index is 0.871. The SMILES string of the molecule is NCc1cccc(C2CCN(C(=O)c3cccc(NC(=O)C4(O)OC(C(=O)NC5=CC(C(=O)N6CCC(c7cccc(CN)c7)CC6)CC=C5)(C5(O)CCC5)OC45CCC5)c3)CC2)c1. The van der Waals surface area contributed by atoms with Gasteiger partial charge in [0.1, 0.15) is 11.2 Å². The second kappa shape index (κ2) is 17.6. The van der Waals surface area contributed by atoms with Crippen molar-refractivity contribution >= 4 is 29.3 Å². The first kappa shape index (κ1) is 44.0. The van der Waals surface area contributed by atoms with Gasteiger partial charge in [0.25, 0.3) is 29.3 Å². The van der Waals surface area contributed by atoms with Gasteiger partial charge in [0.2, 0.25) is 5.91 Å². The van der Waals surface area contributed by atoms with Crippen molar-refractivity contribution in [3.05, 3.63) is 125 Å². The molecule has 3 heterocycles. The van der Waals surface area contributed by atoms with Crippen LogP contribution in [0.3, 0.4) is 0 Å². The monoisotopic (exact) mass is 872 g/mol. The molecule has 3 aromatic rings. The topological polar surface area (TPSA) is 210 Å². The second-order valence-electron chi connectivity index (χ2n) is 18.6. The van der Waals surface area contributed by atoms with Crippen LogP contribution in [0.25, 0.3) is 0 Å². The van der Waals surface area contributed by atoms with Crippen molar-refractivity contribution in [3.63, 3.8) is 0 Å². The number of ether oxygens (including phenoxy) is 2. The molecule has 4 amide bonds. The fraction of sp³-hybridized carbons (Fsp3) is 0.480. The van der Waals surface area contributed by atoms with Gasteiger partial charge in [-0.1, -0.05) is 60.7 Å². The van der Waals surface area contributed by atoms with Crippen molar-refractivity contribution < 1.29 is 38.9 Å². The number of rotatable bonds is 11. The van der Waals surface area contributed by atoms with E-state index in [1.807, 2.05) is 40.1 Å². The maximum absolute atomic E-state index is 14.6. The summed E-state index contributed by atoms with van der Waals surface area (Å²) in [6.45, 7) is 3.32. The van der Waals surface area contributed by atoms with E-state index in [1.165, 1.54) is 11.1 Å². The highest BCUT2D eigenvalue weighted by molar-refractivity contribution is 6.01. The number of nitrogens with one attached hydrogen (secondary N) is 2. The number of aliphatic hydroxyl groups is 2. The van der Waals surface area contributed by atoms with Crippen molar-refractivity contribution in [3.8, 4) is 0 Å². The van der Waals surface area contributed by atoms with Crippen molar-refractivity contribution in [2.75, 3.05) is 31.5 Å². The highest BCUT2D eigenvalue weighted by atomic mass is 16.8. The molecular weight excluding hydrogens is 813 g/mol. The first-order valence-electron chi connectivity index (χ1n) is 23.0. The van der Waals surface area contributed by atoms with Crippen molar-refractivity contribution in [2.45, 2.75) is 118 Å². The number of nitrogens with two attached hydrogens (primary N) is 2. The van der Waals surface area contributed by atoms with Gasteiger partial charge in [-0.2, -0.15) is 0 Å². The molecule has 64 heavy (non-hydrogen) atoms. The van der Waals surface area contributed by atoms with Crippen molar-refractivity contribution in [2.24, 2.45) is 17.4 Å². The maximum atomic E-state index is 14.6. The predicted molar refractivity (Wildman–Crippen MR) is 239 cm³/mol. The van der Waals surface area contributed by atoms with E-state index in [2.05, 4.69) is 34.9 Å². The lowest BCUT2D eigenvalue weighted by molar-refractivity contribution is -0.308. The van der Waals surface area contributed by atoms with Gasteiger partial charge in [-0.3, -0.25) is 23.9 Å². The molecule has 6 aliphatic rings. The number of hydrogen-bond donors (Lipinski definition) is 6. The molecule has 0 aromatic heterocycles. The number of likely N-dealkylation sites (tertiary alicyclic amines) is 2. The Morgan fingerprint density at radius 1 is 0.703 bits per heavy atom. The fourth-order valence-electron chi connectivity index (χ4n) is 10.5. The fourth-order valence-corrected chi connectivity index (χ4v) is 10.5. The van der Waals surface area contributed by atoms with E-state index in [1.54, 1.807) is 36.4 Å². The minimum Gasteiger partial charge on any atom is -0.384 e. The van der Waals surface area contributed by atoms with Crippen LogP contribution in [0.2, 0.25) is 0 Å². The third kappa shape index (κ3) is 7.98. The molecule has 3 aliphatic carbocycles. The molecule has 9 rings (SSSR count). The molecule has 3 aromatic carbocycles. The molecule has 0 radical (unpaired) electrons. The smallest absolute Gasteiger partial charge is 0.288 e. The summed E-state index contributed by atoms with van der Waals surface area (Å²) in [6.07, 6.45) is 10.8. The third-order valence-electron chi connectivity index (χ3n) is 14.7. The normalized spacial score (nSPS) is 26.4. The van der Waals surface area contributed by atoms with E-state index < -0.39 is 40.5 Å². The lowest BCUT2D eigenvalue weighted by Gasteiger charge is -2.48. The van der Waals surface area contributed by atoms with E-state index >= 15 is 0 Å². The zero-order chi connectivity index (χ0) is 44.7.